The number of hydrogen-bond acceptors (Lipinski definition) is 4. The molecule has 0 unspecified atom stereocenters. The second-order valence-electron chi connectivity index (χ2n) is 10.1. The van der Waals surface area contributed by atoms with Crippen LogP contribution in [-0.4, -0.2) is 46.5 Å². The average Bonchev–Trinajstić information content (AvgIpc) is 3.49. The van der Waals surface area contributed by atoms with Crippen LogP contribution >= 0.6 is 0 Å². The molecule has 6 fully saturated rings. The number of unbranched alkanes of at least 4 members (excludes halogenated alkanes) is 1. The lowest BCUT2D eigenvalue weighted by atomic mass is 9.81. The normalized spacial score (nSPS) is 45.7. The van der Waals surface area contributed by atoms with Gasteiger partial charge in [0, 0.05) is 13.1 Å². The Morgan fingerprint density at radius 2 is 0.821 bits per heavy atom. The van der Waals surface area contributed by atoms with Crippen molar-refractivity contribution in [1.29, 1.82) is 0 Å². The summed E-state index contributed by atoms with van der Waals surface area (Å²) in [4.78, 5) is 53.9. The van der Waals surface area contributed by atoms with Crippen LogP contribution in [0.2, 0.25) is 0 Å². The molecular weight excluding hydrogens is 356 g/mol. The molecule has 6 rings (SSSR count). The molecule has 28 heavy (non-hydrogen) atoms. The molecule has 2 saturated heterocycles. The third-order valence-electron chi connectivity index (χ3n) is 9.05. The summed E-state index contributed by atoms with van der Waals surface area (Å²) in [7, 11) is 0. The van der Waals surface area contributed by atoms with Gasteiger partial charge in [-0.2, -0.15) is 0 Å². The Morgan fingerprint density at radius 3 is 1.11 bits per heavy atom. The molecule has 0 aromatic heterocycles. The van der Waals surface area contributed by atoms with Crippen molar-refractivity contribution in [2.45, 2.75) is 51.4 Å². The van der Waals surface area contributed by atoms with Crippen molar-refractivity contribution in [2.24, 2.45) is 47.3 Å². The lowest BCUT2D eigenvalue weighted by Crippen LogP contribution is -2.36. The van der Waals surface area contributed by atoms with Gasteiger partial charge < -0.3 is 0 Å². The molecule has 6 aliphatic rings. The zero-order valence-electron chi connectivity index (χ0n) is 16.2. The molecule has 4 aliphatic carbocycles. The number of likely N-dealkylation sites (tertiary alicyclic amines) is 2. The molecule has 0 radical (unpaired) electrons. The van der Waals surface area contributed by atoms with E-state index in [9.17, 15) is 19.2 Å². The maximum Gasteiger partial charge on any atom is 0.233 e. The first-order valence-corrected chi connectivity index (χ1v) is 11.3. The van der Waals surface area contributed by atoms with Gasteiger partial charge in [0.2, 0.25) is 23.6 Å². The summed E-state index contributed by atoms with van der Waals surface area (Å²) >= 11 is 0. The molecule has 2 aliphatic heterocycles. The van der Waals surface area contributed by atoms with Crippen molar-refractivity contribution in [3.8, 4) is 0 Å². The number of hydrogen-bond donors (Lipinski definition) is 0. The first kappa shape index (κ1) is 17.2. The number of nitrogens with zero attached hydrogens (tertiary/aromatic N) is 2. The van der Waals surface area contributed by atoms with Crippen LogP contribution < -0.4 is 0 Å². The fraction of sp³-hybridized carbons (Fsp3) is 0.818. The highest BCUT2D eigenvalue weighted by molar-refractivity contribution is 6.06. The third-order valence-corrected chi connectivity index (χ3v) is 9.05. The van der Waals surface area contributed by atoms with E-state index in [-0.39, 0.29) is 47.3 Å². The minimum Gasteiger partial charge on any atom is -0.282 e. The smallest absolute Gasteiger partial charge is 0.233 e. The number of rotatable bonds is 5. The molecule has 0 aromatic carbocycles. The van der Waals surface area contributed by atoms with E-state index < -0.39 is 0 Å². The van der Waals surface area contributed by atoms with Gasteiger partial charge in [-0.05, 0) is 75.0 Å². The van der Waals surface area contributed by atoms with Gasteiger partial charge in [-0.25, -0.2) is 0 Å². The topological polar surface area (TPSA) is 74.8 Å². The quantitative estimate of drug-likeness (QED) is 0.535. The summed E-state index contributed by atoms with van der Waals surface area (Å²) in [6.07, 6.45) is 7.86. The van der Waals surface area contributed by atoms with E-state index in [1.807, 2.05) is 0 Å². The van der Waals surface area contributed by atoms with Gasteiger partial charge in [-0.15, -0.1) is 0 Å². The molecule has 4 amide bonds. The van der Waals surface area contributed by atoms with Crippen molar-refractivity contribution < 1.29 is 19.2 Å². The van der Waals surface area contributed by atoms with Crippen LogP contribution in [0.3, 0.4) is 0 Å². The average molecular weight is 384 g/mol. The summed E-state index contributed by atoms with van der Waals surface area (Å²) < 4.78 is 0. The van der Waals surface area contributed by atoms with Gasteiger partial charge in [0.05, 0.1) is 23.7 Å². The van der Waals surface area contributed by atoms with Crippen LogP contribution in [0.15, 0.2) is 0 Å². The number of amides is 4. The molecule has 4 bridgehead atoms. The Labute approximate surface area is 165 Å². The summed E-state index contributed by atoms with van der Waals surface area (Å²) in [5.41, 5.74) is 0. The standard InChI is InChI=1S/C22H28N2O4/c25-19-15-11-3-4-12(9-11)16(15)20(26)23(19)7-1-2-8-24-21(27)17-13-5-6-14(10-13)18(17)22(24)28/h11-18H,1-10H2/t11-,12+,13-,14+,15+,16-,17+,18-. The number of fused-ring (bicyclic) bond motifs is 10. The predicted octanol–water partition coefficient (Wildman–Crippen LogP) is 1.83. The minimum atomic E-state index is -0.0529. The Bertz CT molecular complexity index is 658. The Morgan fingerprint density at radius 1 is 0.536 bits per heavy atom. The molecule has 6 nitrogen and oxygen atoms in total. The molecule has 6 heteroatoms. The van der Waals surface area contributed by atoms with Crippen LogP contribution in [0.1, 0.15) is 51.4 Å². The van der Waals surface area contributed by atoms with Crippen molar-refractivity contribution >= 4 is 23.6 Å². The highest BCUT2D eigenvalue weighted by Gasteiger charge is 2.61. The van der Waals surface area contributed by atoms with Crippen molar-refractivity contribution in [1.82, 2.24) is 9.80 Å². The van der Waals surface area contributed by atoms with E-state index in [0.717, 1.165) is 38.5 Å². The second-order valence-corrected chi connectivity index (χ2v) is 10.1. The van der Waals surface area contributed by atoms with E-state index >= 15 is 0 Å². The van der Waals surface area contributed by atoms with E-state index in [2.05, 4.69) is 0 Å². The third kappa shape index (κ3) is 2.09. The molecular formula is C22H28N2O4. The van der Waals surface area contributed by atoms with E-state index in [1.165, 1.54) is 9.80 Å². The van der Waals surface area contributed by atoms with Crippen LogP contribution in [0.4, 0.5) is 0 Å². The molecule has 0 N–H and O–H groups in total. The van der Waals surface area contributed by atoms with Crippen LogP contribution in [-0.2, 0) is 19.2 Å². The maximum atomic E-state index is 12.7. The van der Waals surface area contributed by atoms with Gasteiger partial charge in [0.15, 0.2) is 0 Å². The predicted molar refractivity (Wildman–Crippen MR) is 98.3 cm³/mol. The SMILES string of the molecule is O=C1[C@@H]2[C@H]3CC[C@H](C3)[C@@H]2C(=O)N1CCCCN1C(=O)[C@@H]2[C@H]3CC[C@H](C3)[C@@H]2C1=O. The van der Waals surface area contributed by atoms with Crippen LogP contribution in [0.25, 0.3) is 0 Å². The molecule has 0 aromatic rings. The summed E-state index contributed by atoms with van der Waals surface area (Å²) in [6, 6.07) is 0. The van der Waals surface area contributed by atoms with Crippen LogP contribution in [0.5, 0.6) is 0 Å². The molecule has 0 spiro atoms. The first-order chi connectivity index (χ1) is 13.6. The van der Waals surface area contributed by atoms with Crippen molar-refractivity contribution in [3.63, 3.8) is 0 Å². The highest BCUT2D eigenvalue weighted by atomic mass is 16.2. The molecule has 2 heterocycles. The monoisotopic (exact) mass is 384 g/mol. The van der Waals surface area contributed by atoms with E-state index in [1.54, 1.807) is 0 Å². The Kier molecular flexibility index (Phi) is 3.61. The second kappa shape index (κ2) is 5.90. The zero-order chi connectivity index (χ0) is 19.2. The summed E-state index contributed by atoms with van der Waals surface area (Å²) in [5.74, 6) is 1.65. The van der Waals surface area contributed by atoms with Crippen molar-refractivity contribution in [2.75, 3.05) is 13.1 Å². The fourth-order valence-electron chi connectivity index (χ4n) is 7.92. The molecule has 150 valence electrons. The van der Waals surface area contributed by atoms with Crippen LogP contribution in [0, 0.1) is 47.3 Å². The molecule has 4 saturated carbocycles. The summed E-state index contributed by atoms with van der Waals surface area (Å²) in [6.45, 7) is 0.886. The fourth-order valence-corrected chi connectivity index (χ4v) is 7.92. The Balaban J connectivity index is 1.05. The number of carbonyl (C=O) groups excluding carboxylic acids is 4. The highest BCUT2D eigenvalue weighted by Crippen LogP contribution is 2.57. The number of imide groups is 2. The van der Waals surface area contributed by atoms with Gasteiger partial charge in [-0.1, -0.05) is 0 Å². The lowest BCUT2D eigenvalue weighted by molar-refractivity contribution is -0.143. The summed E-state index contributed by atoms with van der Waals surface area (Å²) in [5, 5.41) is 0. The van der Waals surface area contributed by atoms with Gasteiger partial charge >= 0.3 is 0 Å². The minimum absolute atomic E-state index is 0.0432. The van der Waals surface area contributed by atoms with E-state index in [4.69, 9.17) is 0 Å². The van der Waals surface area contributed by atoms with Crippen molar-refractivity contribution in [3.05, 3.63) is 0 Å². The van der Waals surface area contributed by atoms with Gasteiger partial charge in [0.1, 0.15) is 0 Å². The van der Waals surface area contributed by atoms with Gasteiger partial charge in [-0.3, -0.25) is 29.0 Å². The van der Waals surface area contributed by atoms with E-state index in [0.29, 0.717) is 49.6 Å². The lowest BCUT2D eigenvalue weighted by Gasteiger charge is -2.19. The zero-order valence-corrected chi connectivity index (χ0v) is 16.2. The first-order valence-electron chi connectivity index (χ1n) is 11.3. The maximum absolute atomic E-state index is 12.7. The Hall–Kier alpha value is -1.72. The number of carbonyl (C=O) groups is 4. The van der Waals surface area contributed by atoms with Gasteiger partial charge in [0.25, 0.3) is 0 Å². The largest absolute Gasteiger partial charge is 0.282 e. The molecule has 8 atom stereocenters.